The Labute approximate surface area is 114 Å². The number of ether oxygens (including phenoxy) is 1. The Kier molecular flexibility index (Phi) is 4.30. The van der Waals surface area contributed by atoms with E-state index in [2.05, 4.69) is 6.92 Å². The van der Waals surface area contributed by atoms with Crippen molar-refractivity contribution >= 4 is 5.91 Å². The van der Waals surface area contributed by atoms with Gasteiger partial charge in [-0.15, -0.1) is 0 Å². The number of phenolic OH excluding ortho intramolecular Hbond substituents is 1. The molecule has 2 rings (SSSR count). The van der Waals surface area contributed by atoms with E-state index in [1.54, 1.807) is 12.1 Å². The molecule has 104 valence electrons. The summed E-state index contributed by atoms with van der Waals surface area (Å²) in [6.45, 7) is 6.15. The highest BCUT2D eigenvalue weighted by atomic mass is 16.5. The molecule has 1 aliphatic heterocycles. The maximum Gasteiger partial charge on any atom is 0.253 e. The second-order valence-corrected chi connectivity index (χ2v) is 5.09. The summed E-state index contributed by atoms with van der Waals surface area (Å²) in [5, 5.41) is 9.64. The average Bonchev–Trinajstić information content (AvgIpc) is 2.41. The molecular formula is C15H21NO3. The smallest absolute Gasteiger partial charge is 0.253 e. The molecule has 1 amide bonds. The van der Waals surface area contributed by atoms with Gasteiger partial charge in [-0.25, -0.2) is 0 Å². The zero-order chi connectivity index (χ0) is 13.8. The van der Waals surface area contributed by atoms with E-state index in [4.69, 9.17) is 4.74 Å². The predicted molar refractivity (Wildman–Crippen MR) is 73.6 cm³/mol. The molecule has 0 radical (unpaired) electrons. The lowest BCUT2D eigenvalue weighted by Crippen LogP contribution is -2.37. The summed E-state index contributed by atoms with van der Waals surface area (Å²) in [6, 6.07) is 4.79. The lowest BCUT2D eigenvalue weighted by molar-refractivity contribution is 0.0696. The summed E-state index contributed by atoms with van der Waals surface area (Å²) in [5.74, 6) is 1.17. The molecule has 0 aliphatic carbocycles. The van der Waals surface area contributed by atoms with Crippen molar-refractivity contribution in [3.63, 3.8) is 0 Å². The van der Waals surface area contributed by atoms with Crippen molar-refractivity contribution in [2.75, 3.05) is 19.7 Å². The minimum atomic E-state index is 0.0212. The molecule has 1 aromatic rings. The highest BCUT2D eigenvalue weighted by Crippen LogP contribution is 2.28. The molecule has 1 saturated heterocycles. The fraction of sp³-hybridized carbons (Fsp3) is 0.533. The number of phenols is 1. The van der Waals surface area contributed by atoms with Gasteiger partial charge in [-0.3, -0.25) is 4.79 Å². The summed E-state index contributed by atoms with van der Waals surface area (Å²) >= 11 is 0. The third kappa shape index (κ3) is 3.19. The lowest BCUT2D eigenvalue weighted by Gasteiger charge is -2.30. The number of aromatic hydroxyl groups is 1. The maximum absolute atomic E-state index is 12.4. The summed E-state index contributed by atoms with van der Waals surface area (Å²) in [4.78, 5) is 14.2. The fourth-order valence-electron chi connectivity index (χ4n) is 2.31. The van der Waals surface area contributed by atoms with Crippen molar-refractivity contribution in [1.29, 1.82) is 0 Å². The van der Waals surface area contributed by atoms with Gasteiger partial charge in [-0.1, -0.05) is 6.92 Å². The largest absolute Gasteiger partial charge is 0.504 e. The molecule has 19 heavy (non-hydrogen) atoms. The Morgan fingerprint density at radius 2 is 2.11 bits per heavy atom. The van der Waals surface area contributed by atoms with Gasteiger partial charge in [0.25, 0.3) is 5.91 Å². The van der Waals surface area contributed by atoms with Crippen LogP contribution >= 0.6 is 0 Å². The van der Waals surface area contributed by atoms with Gasteiger partial charge in [0.15, 0.2) is 11.5 Å². The molecule has 0 aromatic heterocycles. The van der Waals surface area contributed by atoms with Crippen LogP contribution in [0.3, 0.4) is 0 Å². The molecule has 1 aliphatic rings. The minimum Gasteiger partial charge on any atom is -0.504 e. The fourth-order valence-corrected chi connectivity index (χ4v) is 2.31. The summed E-state index contributed by atoms with van der Waals surface area (Å²) in [5.41, 5.74) is 0.579. The van der Waals surface area contributed by atoms with E-state index in [1.807, 2.05) is 11.8 Å². The van der Waals surface area contributed by atoms with Gasteiger partial charge in [-0.05, 0) is 43.9 Å². The first kappa shape index (κ1) is 13.7. The van der Waals surface area contributed by atoms with Crippen molar-refractivity contribution in [3.05, 3.63) is 23.8 Å². The number of nitrogens with zero attached hydrogens (tertiary/aromatic N) is 1. The van der Waals surface area contributed by atoms with E-state index in [-0.39, 0.29) is 11.7 Å². The van der Waals surface area contributed by atoms with Crippen LogP contribution in [0.5, 0.6) is 11.5 Å². The van der Waals surface area contributed by atoms with Gasteiger partial charge in [0.1, 0.15) is 0 Å². The van der Waals surface area contributed by atoms with Gasteiger partial charge < -0.3 is 14.7 Å². The molecule has 4 nitrogen and oxygen atoms in total. The Morgan fingerprint density at radius 3 is 2.74 bits per heavy atom. The van der Waals surface area contributed by atoms with Crippen LogP contribution in [0.2, 0.25) is 0 Å². The van der Waals surface area contributed by atoms with Crippen LogP contribution in [-0.2, 0) is 0 Å². The van der Waals surface area contributed by atoms with Crippen molar-refractivity contribution in [3.8, 4) is 11.5 Å². The van der Waals surface area contributed by atoms with Crippen LogP contribution in [0.4, 0.5) is 0 Å². The van der Waals surface area contributed by atoms with Crippen LogP contribution in [0, 0.1) is 5.92 Å². The molecule has 1 fully saturated rings. The Hall–Kier alpha value is -1.71. The first-order chi connectivity index (χ1) is 9.11. The van der Waals surface area contributed by atoms with E-state index < -0.39 is 0 Å². The molecule has 1 heterocycles. The van der Waals surface area contributed by atoms with Crippen LogP contribution in [0.25, 0.3) is 0 Å². The standard InChI is InChI=1S/C15H21NO3/c1-3-19-14-10-12(4-5-13(14)17)15(18)16-8-6-11(2)7-9-16/h4-5,10-11,17H,3,6-9H2,1-2H3. The SMILES string of the molecule is CCOc1cc(C(=O)N2CCC(C)CC2)ccc1O. The molecule has 0 atom stereocenters. The van der Waals surface area contributed by atoms with Gasteiger partial charge in [0.2, 0.25) is 0 Å². The predicted octanol–water partition coefficient (Wildman–Crippen LogP) is 2.66. The zero-order valence-electron chi connectivity index (χ0n) is 11.6. The molecule has 0 bridgehead atoms. The Morgan fingerprint density at radius 1 is 1.42 bits per heavy atom. The first-order valence-electron chi connectivity index (χ1n) is 6.87. The van der Waals surface area contributed by atoms with Crippen molar-refractivity contribution in [1.82, 2.24) is 4.90 Å². The number of benzene rings is 1. The van der Waals surface area contributed by atoms with Crippen LogP contribution in [-0.4, -0.2) is 35.6 Å². The topological polar surface area (TPSA) is 49.8 Å². The zero-order valence-corrected chi connectivity index (χ0v) is 11.6. The molecule has 0 unspecified atom stereocenters. The highest BCUT2D eigenvalue weighted by Gasteiger charge is 2.22. The monoisotopic (exact) mass is 263 g/mol. The summed E-state index contributed by atoms with van der Waals surface area (Å²) < 4.78 is 5.31. The number of rotatable bonds is 3. The normalized spacial score (nSPS) is 16.4. The van der Waals surface area contributed by atoms with Gasteiger partial charge in [0.05, 0.1) is 6.61 Å². The quantitative estimate of drug-likeness (QED) is 0.912. The van der Waals surface area contributed by atoms with Crippen molar-refractivity contribution < 1.29 is 14.6 Å². The van der Waals surface area contributed by atoms with Crippen molar-refractivity contribution in [2.45, 2.75) is 26.7 Å². The van der Waals surface area contributed by atoms with Crippen LogP contribution in [0.1, 0.15) is 37.0 Å². The van der Waals surface area contributed by atoms with E-state index in [1.165, 1.54) is 6.07 Å². The molecule has 0 spiro atoms. The van der Waals surface area contributed by atoms with E-state index in [0.717, 1.165) is 25.9 Å². The summed E-state index contributed by atoms with van der Waals surface area (Å²) in [7, 11) is 0. The average molecular weight is 263 g/mol. The second-order valence-electron chi connectivity index (χ2n) is 5.09. The van der Waals surface area contributed by atoms with Gasteiger partial charge >= 0.3 is 0 Å². The number of carbonyl (C=O) groups excluding carboxylic acids is 1. The molecule has 1 aromatic carbocycles. The first-order valence-corrected chi connectivity index (χ1v) is 6.87. The minimum absolute atomic E-state index is 0.0212. The third-order valence-corrected chi connectivity index (χ3v) is 3.58. The highest BCUT2D eigenvalue weighted by molar-refractivity contribution is 5.95. The Balaban J connectivity index is 2.12. The molecule has 0 saturated carbocycles. The number of hydrogen-bond donors (Lipinski definition) is 1. The molecule has 1 N–H and O–H groups in total. The van der Waals surface area contributed by atoms with Gasteiger partial charge in [-0.2, -0.15) is 0 Å². The van der Waals surface area contributed by atoms with E-state index >= 15 is 0 Å². The number of likely N-dealkylation sites (tertiary alicyclic amines) is 1. The molecule has 4 heteroatoms. The number of hydrogen-bond acceptors (Lipinski definition) is 3. The summed E-state index contributed by atoms with van der Waals surface area (Å²) in [6.07, 6.45) is 2.12. The van der Waals surface area contributed by atoms with Crippen LogP contribution < -0.4 is 4.74 Å². The lowest BCUT2D eigenvalue weighted by atomic mass is 9.98. The second kappa shape index (κ2) is 5.95. The third-order valence-electron chi connectivity index (χ3n) is 3.58. The van der Waals surface area contributed by atoms with Gasteiger partial charge in [0, 0.05) is 18.7 Å². The van der Waals surface area contributed by atoms with E-state index in [9.17, 15) is 9.90 Å². The van der Waals surface area contributed by atoms with Crippen molar-refractivity contribution in [2.24, 2.45) is 5.92 Å². The number of carbonyl (C=O) groups is 1. The molecular weight excluding hydrogens is 242 g/mol. The van der Waals surface area contributed by atoms with Crippen LogP contribution in [0.15, 0.2) is 18.2 Å². The number of amides is 1. The number of piperidine rings is 1. The van der Waals surface area contributed by atoms with E-state index in [0.29, 0.717) is 23.8 Å². The Bertz CT molecular complexity index is 451. The maximum atomic E-state index is 12.4.